The van der Waals surface area contributed by atoms with Gasteiger partial charge in [0, 0.05) is 45.8 Å². The summed E-state index contributed by atoms with van der Waals surface area (Å²) in [5.41, 5.74) is 1.31. The number of carbonyl (C=O) groups is 1. The molecule has 1 saturated heterocycles. The van der Waals surface area contributed by atoms with Gasteiger partial charge in [-0.15, -0.1) is 0 Å². The molecule has 0 radical (unpaired) electrons. The van der Waals surface area contributed by atoms with Gasteiger partial charge in [-0.1, -0.05) is 26.0 Å². The van der Waals surface area contributed by atoms with Crippen LogP contribution in [-0.4, -0.2) is 72.3 Å². The van der Waals surface area contributed by atoms with Crippen LogP contribution in [0.15, 0.2) is 24.3 Å². The fourth-order valence-electron chi connectivity index (χ4n) is 3.13. The molecule has 1 heterocycles. The highest BCUT2D eigenvalue weighted by Crippen LogP contribution is 2.15. The average molecular weight is 384 g/mol. The zero-order valence-corrected chi connectivity index (χ0v) is 16.4. The molecule has 1 aromatic carbocycles. The fourth-order valence-corrected chi connectivity index (χ4v) is 4.91. The van der Waals surface area contributed by atoms with E-state index < -0.39 is 16.2 Å². The molecular weight excluding hydrogens is 354 g/mol. The molecule has 0 atom stereocenters. The maximum absolute atomic E-state index is 12.8. The van der Waals surface area contributed by atoms with Gasteiger partial charge in [0.25, 0.3) is 10.2 Å². The van der Waals surface area contributed by atoms with Gasteiger partial charge in [-0.25, -0.2) is 4.79 Å². The molecule has 0 aromatic heterocycles. The number of piperazine rings is 1. The van der Waals surface area contributed by atoms with Crippen LogP contribution in [0.3, 0.4) is 0 Å². The van der Waals surface area contributed by atoms with E-state index >= 15 is 0 Å². The van der Waals surface area contributed by atoms with Crippen molar-refractivity contribution in [1.29, 1.82) is 0 Å². The standard InChI is InChI=1S/C18H29N3O4S/c1-3-9-20(10-4-2)26(24,25)21-13-11-19(12-14-21)15-16-5-7-17(8-6-16)18(22)23/h5-8H,3-4,9-15H2,1-2H3,(H,22,23). The molecule has 1 aliphatic rings. The van der Waals surface area contributed by atoms with E-state index in [1.165, 1.54) is 0 Å². The lowest BCUT2D eigenvalue weighted by atomic mass is 10.1. The molecule has 0 unspecified atom stereocenters. The molecular formula is C18H29N3O4S. The Kier molecular flexibility index (Phi) is 7.57. The maximum atomic E-state index is 12.8. The van der Waals surface area contributed by atoms with E-state index in [-0.39, 0.29) is 5.56 Å². The number of hydrogen-bond acceptors (Lipinski definition) is 4. The lowest BCUT2D eigenvalue weighted by Crippen LogP contribution is -2.53. The molecule has 1 aromatic rings. The second kappa shape index (κ2) is 9.45. The van der Waals surface area contributed by atoms with Gasteiger partial charge in [0.1, 0.15) is 0 Å². The second-order valence-corrected chi connectivity index (χ2v) is 8.51. The third-order valence-corrected chi connectivity index (χ3v) is 6.57. The van der Waals surface area contributed by atoms with Crippen molar-refractivity contribution in [3.63, 3.8) is 0 Å². The highest BCUT2D eigenvalue weighted by Gasteiger charge is 2.31. The van der Waals surface area contributed by atoms with Gasteiger partial charge in [0.2, 0.25) is 0 Å². The minimum Gasteiger partial charge on any atom is -0.478 e. The third-order valence-electron chi connectivity index (χ3n) is 4.54. The van der Waals surface area contributed by atoms with Crippen molar-refractivity contribution >= 4 is 16.2 Å². The van der Waals surface area contributed by atoms with E-state index in [4.69, 9.17) is 5.11 Å². The first-order valence-corrected chi connectivity index (χ1v) is 10.6. The highest BCUT2D eigenvalue weighted by molar-refractivity contribution is 7.86. The summed E-state index contributed by atoms with van der Waals surface area (Å²) in [6.45, 7) is 8.12. The van der Waals surface area contributed by atoms with E-state index in [2.05, 4.69) is 4.90 Å². The smallest absolute Gasteiger partial charge is 0.335 e. The van der Waals surface area contributed by atoms with Gasteiger partial charge in [0.15, 0.2) is 0 Å². The zero-order chi connectivity index (χ0) is 19.2. The molecule has 7 nitrogen and oxygen atoms in total. The molecule has 1 N–H and O–H groups in total. The minimum atomic E-state index is -3.39. The monoisotopic (exact) mass is 383 g/mol. The Bertz CT molecular complexity index is 677. The van der Waals surface area contributed by atoms with Crippen LogP contribution in [0.2, 0.25) is 0 Å². The number of carboxylic acids is 1. The largest absolute Gasteiger partial charge is 0.478 e. The van der Waals surface area contributed by atoms with Crippen LogP contribution < -0.4 is 0 Å². The Morgan fingerprint density at radius 1 is 1.04 bits per heavy atom. The predicted octanol–water partition coefficient (Wildman–Crippen LogP) is 1.87. The van der Waals surface area contributed by atoms with Crippen molar-refractivity contribution in [2.75, 3.05) is 39.3 Å². The molecule has 0 spiro atoms. The SMILES string of the molecule is CCCN(CCC)S(=O)(=O)N1CCN(Cc2ccc(C(=O)O)cc2)CC1. The van der Waals surface area contributed by atoms with E-state index in [0.29, 0.717) is 45.8 Å². The molecule has 1 aliphatic heterocycles. The first kappa shape index (κ1) is 20.8. The Balaban J connectivity index is 1.92. The van der Waals surface area contributed by atoms with Crippen molar-refractivity contribution in [3.05, 3.63) is 35.4 Å². The van der Waals surface area contributed by atoms with Gasteiger partial charge < -0.3 is 5.11 Å². The van der Waals surface area contributed by atoms with Crippen molar-refractivity contribution in [2.45, 2.75) is 33.2 Å². The predicted molar refractivity (Wildman–Crippen MR) is 101 cm³/mol. The zero-order valence-electron chi connectivity index (χ0n) is 15.6. The Hall–Kier alpha value is -1.48. The fraction of sp³-hybridized carbons (Fsp3) is 0.611. The molecule has 26 heavy (non-hydrogen) atoms. The van der Waals surface area contributed by atoms with Crippen molar-refractivity contribution in [3.8, 4) is 0 Å². The Morgan fingerprint density at radius 3 is 2.04 bits per heavy atom. The number of benzene rings is 1. The molecule has 1 fully saturated rings. The summed E-state index contributed by atoms with van der Waals surface area (Å²) < 4.78 is 28.8. The number of carboxylic acid groups (broad SMARTS) is 1. The normalized spacial score (nSPS) is 16.9. The molecule has 2 rings (SSSR count). The van der Waals surface area contributed by atoms with E-state index in [1.807, 2.05) is 26.0 Å². The van der Waals surface area contributed by atoms with Crippen LogP contribution in [0.25, 0.3) is 0 Å². The summed E-state index contributed by atoms with van der Waals surface area (Å²) in [6.07, 6.45) is 1.62. The van der Waals surface area contributed by atoms with Crippen LogP contribution >= 0.6 is 0 Å². The number of rotatable bonds is 9. The lowest BCUT2D eigenvalue weighted by Gasteiger charge is -2.36. The van der Waals surface area contributed by atoms with Crippen molar-refractivity contribution in [1.82, 2.24) is 13.5 Å². The van der Waals surface area contributed by atoms with Gasteiger partial charge in [0.05, 0.1) is 5.56 Å². The van der Waals surface area contributed by atoms with Gasteiger partial charge in [-0.05, 0) is 30.5 Å². The highest BCUT2D eigenvalue weighted by atomic mass is 32.2. The van der Waals surface area contributed by atoms with E-state index in [1.54, 1.807) is 20.7 Å². The maximum Gasteiger partial charge on any atom is 0.335 e. The summed E-state index contributed by atoms with van der Waals surface area (Å²) in [7, 11) is -3.39. The van der Waals surface area contributed by atoms with Crippen LogP contribution in [-0.2, 0) is 16.8 Å². The molecule has 146 valence electrons. The van der Waals surface area contributed by atoms with Crippen LogP contribution in [0, 0.1) is 0 Å². The molecule has 8 heteroatoms. The summed E-state index contributed by atoms with van der Waals surface area (Å²) in [4.78, 5) is 13.1. The van der Waals surface area contributed by atoms with Gasteiger partial charge in [-0.3, -0.25) is 4.90 Å². The molecule has 0 aliphatic carbocycles. The topological polar surface area (TPSA) is 81.2 Å². The third kappa shape index (κ3) is 5.26. The van der Waals surface area contributed by atoms with E-state index in [9.17, 15) is 13.2 Å². The first-order valence-electron chi connectivity index (χ1n) is 9.18. The molecule has 0 amide bonds. The number of hydrogen-bond donors (Lipinski definition) is 1. The summed E-state index contributed by atoms with van der Waals surface area (Å²) in [5.74, 6) is -0.931. The summed E-state index contributed by atoms with van der Waals surface area (Å²) in [6, 6.07) is 6.84. The van der Waals surface area contributed by atoms with Crippen LogP contribution in [0.5, 0.6) is 0 Å². The second-order valence-electron chi connectivity index (χ2n) is 6.58. The van der Waals surface area contributed by atoms with Crippen molar-refractivity contribution in [2.24, 2.45) is 0 Å². The molecule has 0 saturated carbocycles. The first-order chi connectivity index (χ1) is 12.4. The minimum absolute atomic E-state index is 0.275. The van der Waals surface area contributed by atoms with E-state index in [0.717, 1.165) is 18.4 Å². The summed E-state index contributed by atoms with van der Waals surface area (Å²) >= 11 is 0. The quantitative estimate of drug-likeness (QED) is 0.704. The van der Waals surface area contributed by atoms with Crippen LogP contribution in [0.1, 0.15) is 42.6 Å². The van der Waals surface area contributed by atoms with Gasteiger partial charge in [-0.2, -0.15) is 17.0 Å². The number of aromatic carboxylic acids is 1. The molecule has 0 bridgehead atoms. The van der Waals surface area contributed by atoms with Crippen molar-refractivity contribution < 1.29 is 18.3 Å². The van der Waals surface area contributed by atoms with Gasteiger partial charge >= 0.3 is 5.97 Å². The summed E-state index contributed by atoms with van der Waals surface area (Å²) in [5, 5.41) is 8.95. The Labute approximate surface area is 156 Å². The lowest BCUT2D eigenvalue weighted by molar-refractivity contribution is 0.0697. The number of nitrogens with zero attached hydrogens (tertiary/aromatic N) is 3. The average Bonchev–Trinajstić information content (AvgIpc) is 2.62. The van der Waals surface area contributed by atoms with Crippen LogP contribution in [0.4, 0.5) is 0 Å². The Morgan fingerprint density at radius 2 is 1.58 bits per heavy atom.